The van der Waals surface area contributed by atoms with E-state index < -0.39 is 0 Å². The molecular weight excluding hydrogens is 274 g/mol. The van der Waals surface area contributed by atoms with Gasteiger partial charge in [0, 0.05) is 19.3 Å². The molecule has 0 spiro atoms. The van der Waals surface area contributed by atoms with Gasteiger partial charge in [0.1, 0.15) is 0 Å². The molecule has 0 atom stereocenters. The van der Waals surface area contributed by atoms with Crippen LogP contribution in [0.4, 0.5) is 0 Å². The van der Waals surface area contributed by atoms with Crippen molar-refractivity contribution in [3.63, 3.8) is 0 Å². The number of aryl methyl sites for hydroxylation is 2. The van der Waals surface area contributed by atoms with Gasteiger partial charge in [0.25, 0.3) is 0 Å². The fourth-order valence-electron chi connectivity index (χ4n) is 2.08. The Labute approximate surface area is 132 Å². The number of nitrogens with one attached hydrogen (secondary N) is 2. The molecule has 0 saturated carbocycles. The summed E-state index contributed by atoms with van der Waals surface area (Å²) in [6, 6.07) is 8.47. The van der Waals surface area contributed by atoms with E-state index in [1.54, 1.807) is 0 Å². The zero-order chi connectivity index (χ0) is 15.8. The van der Waals surface area contributed by atoms with E-state index in [2.05, 4.69) is 58.8 Å². The van der Waals surface area contributed by atoms with E-state index in [1.165, 1.54) is 16.7 Å². The average molecular weight is 299 g/mol. The average Bonchev–Trinajstić information content (AvgIpc) is 2.92. The molecule has 0 aliphatic carbocycles. The Hall–Kier alpha value is -2.30. The van der Waals surface area contributed by atoms with Crippen molar-refractivity contribution in [2.24, 2.45) is 4.99 Å². The summed E-state index contributed by atoms with van der Waals surface area (Å²) in [5.41, 5.74) is 3.66. The summed E-state index contributed by atoms with van der Waals surface area (Å²) < 4.78 is 1.94. The van der Waals surface area contributed by atoms with Gasteiger partial charge in [-0.25, -0.2) is 4.99 Å². The number of nitrogens with zero attached hydrogens (tertiary/aromatic N) is 3. The molecule has 0 aliphatic rings. The largest absolute Gasteiger partial charge is 0.357 e. The van der Waals surface area contributed by atoms with Crippen LogP contribution in [0.2, 0.25) is 0 Å². The number of aromatic nitrogens is 2. The maximum Gasteiger partial charge on any atom is 0.191 e. The molecule has 0 unspecified atom stereocenters. The van der Waals surface area contributed by atoms with Crippen LogP contribution in [0, 0.1) is 13.8 Å². The van der Waals surface area contributed by atoms with Crippen LogP contribution < -0.4 is 10.6 Å². The molecule has 1 aromatic carbocycles. The van der Waals surface area contributed by atoms with Crippen molar-refractivity contribution in [3.05, 3.63) is 53.3 Å². The van der Waals surface area contributed by atoms with Gasteiger partial charge < -0.3 is 10.6 Å². The molecule has 5 nitrogen and oxygen atoms in total. The molecule has 2 rings (SSSR count). The Balaban J connectivity index is 1.85. The zero-order valence-corrected chi connectivity index (χ0v) is 13.6. The first-order valence-corrected chi connectivity index (χ1v) is 7.74. The summed E-state index contributed by atoms with van der Waals surface area (Å²) in [6.45, 7) is 9.35. The smallest absolute Gasteiger partial charge is 0.191 e. The highest BCUT2D eigenvalue weighted by molar-refractivity contribution is 5.79. The summed E-state index contributed by atoms with van der Waals surface area (Å²) in [5, 5.41) is 10.9. The Morgan fingerprint density at radius 2 is 1.91 bits per heavy atom. The van der Waals surface area contributed by atoms with Gasteiger partial charge in [0.2, 0.25) is 0 Å². The van der Waals surface area contributed by atoms with Crippen LogP contribution in [-0.2, 0) is 13.1 Å². The summed E-state index contributed by atoms with van der Waals surface area (Å²) in [7, 11) is 0. The molecule has 0 amide bonds. The predicted molar refractivity (Wildman–Crippen MR) is 91.0 cm³/mol. The molecule has 2 N–H and O–H groups in total. The van der Waals surface area contributed by atoms with Gasteiger partial charge in [0.05, 0.1) is 19.3 Å². The van der Waals surface area contributed by atoms with E-state index >= 15 is 0 Å². The third-order valence-electron chi connectivity index (χ3n) is 3.28. The molecule has 0 radical (unpaired) electrons. The van der Waals surface area contributed by atoms with E-state index in [9.17, 15) is 0 Å². The molecule has 2 aromatic rings. The van der Waals surface area contributed by atoms with Crippen LogP contribution in [0.3, 0.4) is 0 Å². The third-order valence-corrected chi connectivity index (χ3v) is 3.28. The molecule has 1 heterocycles. The van der Waals surface area contributed by atoms with Crippen LogP contribution in [0.5, 0.6) is 0 Å². The highest BCUT2D eigenvalue weighted by atomic mass is 15.3. The molecule has 1 aromatic heterocycles. The van der Waals surface area contributed by atoms with Crippen molar-refractivity contribution in [1.82, 2.24) is 20.4 Å². The fraction of sp³-hybridized carbons (Fsp3) is 0.412. The minimum Gasteiger partial charge on any atom is -0.357 e. The highest BCUT2D eigenvalue weighted by Crippen LogP contribution is 2.04. The summed E-state index contributed by atoms with van der Waals surface area (Å²) in [6.07, 6.45) is 3.91. The predicted octanol–water partition coefficient (Wildman–Crippen LogP) is 2.26. The number of hydrogen-bond acceptors (Lipinski definition) is 2. The monoisotopic (exact) mass is 299 g/mol. The summed E-state index contributed by atoms with van der Waals surface area (Å²) in [5.74, 6) is 0.840. The van der Waals surface area contributed by atoms with Crippen LogP contribution in [-0.4, -0.2) is 28.8 Å². The molecule has 118 valence electrons. The van der Waals surface area contributed by atoms with Crippen molar-refractivity contribution in [1.29, 1.82) is 0 Å². The van der Waals surface area contributed by atoms with Crippen molar-refractivity contribution in [2.45, 2.75) is 33.9 Å². The minimum atomic E-state index is 0.677. The molecule has 22 heavy (non-hydrogen) atoms. The van der Waals surface area contributed by atoms with Crippen LogP contribution >= 0.6 is 0 Å². The van der Waals surface area contributed by atoms with Crippen LogP contribution in [0.1, 0.15) is 23.6 Å². The highest BCUT2D eigenvalue weighted by Gasteiger charge is 1.99. The van der Waals surface area contributed by atoms with E-state index in [4.69, 9.17) is 0 Å². The maximum atomic E-state index is 4.61. The molecule has 0 bridgehead atoms. The Morgan fingerprint density at radius 3 is 2.55 bits per heavy atom. The third kappa shape index (κ3) is 5.24. The SMILES string of the molecule is CCNC(=NCc1ccc(C)cc1)NCCn1cc(C)cn1. The lowest BCUT2D eigenvalue weighted by molar-refractivity contribution is 0.597. The van der Waals surface area contributed by atoms with Crippen molar-refractivity contribution in [3.8, 4) is 0 Å². The lowest BCUT2D eigenvalue weighted by atomic mass is 10.1. The number of aliphatic imine (C=N–C) groups is 1. The number of guanidine groups is 1. The minimum absolute atomic E-state index is 0.677. The second-order valence-electron chi connectivity index (χ2n) is 5.39. The molecule has 0 aliphatic heterocycles. The van der Waals surface area contributed by atoms with Gasteiger partial charge in [-0.1, -0.05) is 29.8 Å². The van der Waals surface area contributed by atoms with E-state index in [0.717, 1.165) is 25.6 Å². The molecular formula is C17H25N5. The van der Waals surface area contributed by atoms with Gasteiger partial charge in [-0.15, -0.1) is 0 Å². The maximum absolute atomic E-state index is 4.61. The normalized spacial score (nSPS) is 11.5. The summed E-state index contributed by atoms with van der Waals surface area (Å²) in [4.78, 5) is 4.61. The van der Waals surface area contributed by atoms with Crippen LogP contribution in [0.25, 0.3) is 0 Å². The second kappa shape index (κ2) is 8.22. The second-order valence-corrected chi connectivity index (χ2v) is 5.39. The Kier molecular flexibility index (Phi) is 6.01. The quantitative estimate of drug-likeness (QED) is 0.635. The van der Waals surface area contributed by atoms with Crippen LogP contribution in [0.15, 0.2) is 41.7 Å². The Bertz CT molecular complexity index is 598. The van der Waals surface area contributed by atoms with Crippen molar-refractivity contribution in [2.75, 3.05) is 13.1 Å². The number of hydrogen-bond donors (Lipinski definition) is 2. The lowest BCUT2D eigenvalue weighted by Crippen LogP contribution is -2.38. The Morgan fingerprint density at radius 1 is 1.14 bits per heavy atom. The van der Waals surface area contributed by atoms with Crippen molar-refractivity contribution >= 4 is 5.96 Å². The lowest BCUT2D eigenvalue weighted by Gasteiger charge is -2.11. The van der Waals surface area contributed by atoms with Gasteiger partial charge in [-0.2, -0.15) is 5.10 Å². The van der Waals surface area contributed by atoms with E-state index in [-0.39, 0.29) is 0 Å². The van der Waals surface area contributed by atoms with E-state index in [0.29, 0.717) is 6.54 Å². The standard InChI is InChI=1S/C17H25N5/c1-4-18-17(19-9-10-22-13-15(3)11-21-22)20-12-16-7-5-14(2)6-8-16/h5-8,11,13H,4,9-10,12H2,1-3H3,(H2,18,19,20). The summed E-state index contributed by atoms with van der Waals surface area (Å²) >= 11 is 0. The zero-order valence-electron chi connectivity index (χ0n) is 13.6. The molecule has 0 saturated heterocycles. The first-order chi connectivity index (χ1) is 10.7. The number of rotatable bonds is 6. The first kappa shape index (κ1) is 16.1. The van der Waals surface area contributed by atoms with Gasteiger partial charge in [-0.05, 0) is 31.9 Å². The van der Waals surface area contributed by atoms with Gasteiger partial charge in [0.15, 0.2) is 5.96 Å². The van der Waals surface area contributed by atoms with Crippen molar-refractivity contribution < 1.29 is 0 Å². The van der Waals surface area contributed by atoms with E-state index in [1.807, 2.05) is 24.0 Å². The molecule has 0 fully saturated rings. The van der Waals surface area contributed by atoms with Gasteiger partial charge in [-0.3, -0.25) is 4.68 Å². The first-order valence-electron chi connectivity index (χ1n) is 7.74. The fourth-order valence-corrected chi connectivity index (χ4v) is 2.08. The number of benzene rings is 1. The molecule has 5 heteroatoms. The van der Waals surface area contributed by atoms with Gasteiger partial charge >= 0.3 is 0 Å². The topological polar surface area (TPSA) is 54.2 Å².